The van der Waals surface area contributed by atoms with Gasteiger partial charge >= 0.3 is 0 Å². The number of pyridine rings is 1. The fraction of sp³-hybridized carbons (Fsp3) is 0.100. The Morgan fingerprint density at radius 2 is 2.35 bits per heavy atom. The number of aromatic amines is 1. The molecule has 3 rings (SSSR count). The van der Waals surface area contributed by atoms with Gasteiger partial charge in [0.1, 0.15) is 17.0 Å². The number of aromatic nitrogens is 5. The minimum Gasteiger partial charge on any atom is -0.325 e. The summed E-state index contributed by atoms with van der Waals surface area (Å²) in [7, 11) is 0. The van der Waals surface area contributed by atoms with Gasteiger partial charge in [-0.3, -0.25) is 5.10 Å². The highest BCUT2D eigenvalue weighted by Gasteiger charge is 2.12. The lowest BCUT2D eigenvalue weighted by atomic mass is 10.4. The number of nitrogens with zero attached hydrogens (tertiary/aromatic N) is 4. The van der Waals surface area contributed by atoms with E-state index in [-0.39, 0.29) is 0 Å². The number of hydrogen-bond donors (Lipinski definition) is 2. The van der Waals surface area contributed by atoms with Crippen LogP contribution in [0.15, 0.2) is 40.9 Å². The molecule has 17 heavy (non-hydrogen) atoms. The third kappa shape index (κ3) is 1.79. The van der Waals surface area contributed by atoms with Crippen molar-refractivity contribution in [3.63, 3.8) is 0 Å². The lowest BCUT2D eigenvalue weighted by Crippen LogP contribution is -2.01. The zero-order valence-electron chi connectivity index (χ0n) is 8.87. The van der Waals surface area contributed by atoms with Crippen molar-refractivity contribution in [2.24, 2.45) is 5.73 Å². The summed E-state index contributed by atoms with van der Waals surface area (Å²) in [4.78, 5) is 8.58. The van der Waals surface area contributed by atoms with Crippen LogP contribution in [0.25, 0.3) is 5.65 Å². The number of fused-ring (bicyclic) bond motifs is 1. The van der Waals surface area contributed by atoms with Gasteiger partial charge in [0, 0.05) is 12.7 Å². The topological polar surface area (TPSA) is 84.9 Å². The van der Waals surface area contributed by atoms with Gasteiger partial charge < -0.3 is 10.1 Å². The predicted octanol–water partition coefficient (Wildman–Crippen LogP) is 1.06. The summed E-state index contributed by atoms with van der Waals surface area (Å²) >= 11 is 1.43. The van der Waals surface area contributed by atoms with Gasteiger partial charge in [-0.05, 0) is 23.9 Å². The van der Waals surface area contributed by atoms with Crippen LogP contribution in [0.1, 0.15) is 5.69 Å². The van der Waals surface area contributed by atoms with E-state index in [1.807, 2.05) is 28.8 Å². The molecular formula is C10H10N6S. The van der Waals surface area contributed by atoms with E-state index in [0.29, 0.717) is 11.7 Å². The van der Waals surface area contributed by atoms with Crippen LogP contribution in [-0.2, 0) is 6.54 Å². The average Bonchev–Trinajstić information content (AvgIpc) is 2.96. The van der Waals surface area contributed by atoms with Crippen molar-refractivity contribution < 1.29 is 0 Å². The van der Waals surface area contributed by atoms with E-state index < -0.39 is 0 Å². The molecule has 0 radical (unpaired) electrons. The Bertz CT molecular complexity index is 629. The summed E-state index contributed by atoms with van der Waals surface area (Å²) in [5, 5.41) is 8.17. The Kier molecular flexibility index (Phi) is 2.54. The van der Waals surface area contributed by atoms with Gasteiger partial charge in [-0.1, -0.05) is 6.07 Å². The molecule has 0 aromatic carbocycles. The Hall–Kier alpha value is -1.86. The molecule has 0 spiro atoms. The quantitative estimate of drug-likeness (QED) is 0.722. The summed E-state index contributed by atoms with van der Waals surface area (Å²) < 4.78 is 1.98. The minimum absolute atomic E-state index is 0.432. The second-order valence-corrected chi connectivity index (χ2v) is 4.37. The van der Waals surface area contributed by atoms with Crippen LogP contribution < -0.4 is 5.73 Å². The van der Waals surface area contributed by atoms with E-state index in [2.05, 4.69) is 20.2 Å². The zero-order chi connectivity index (χ0) is 11.7. The number of rotatable bonds is 3. The number of nitrogens with two attached hydrogens (primary N) is 1. The van der Waals surface area contributed by atoms with Gasteiger partial charge in [0.05, 0.1) is 5.69 Å². The molecule has 3 aromatic rings. The Morgan fingerprint density at radius 3 is 3.12 bits per heavy atom. The average molecular weight is 246 g/mol. The molecule has 0 saturated carbocycles. The van der Waals surface area contributed by atoms with Crippen molar-refractivity contribution in [3.8, 4) is 0 Å². The lowest BCUT2D eigenvalue weighted by Gasteiger charge is -1.99. The van der Waals surface area contributed by atoms with Crippen molar-refractivity contribution >= 4 is 17.4 Å². The van der Waals surface area contributed by atoms with Crippen LogP contribution in [0.5, 0.6) is 0 Å². The molecule has 0 unspecified atom stereocenters. The van der Waals surface area contributed by atoms with Gasteiger partial charge in [-0.2, -0.15) is 5.10 Å². The second-order valence-electron chi connectivity index (χ2n) is 3.39. The molecule has 0 fully saturated rings. The Morgan fingerprint density at radius 1 is 1.41 bits per heavy atom. The highest BCUT2D eigenvalue weighted by Crippen LogP contribution is 2.27. The molecule has 0 aliphatic rings. The van der Waals surface area contributed by atoms with Crippen LogP contribution in [0.3, 0.4) is 0 Å². The third-order valence-electron chi connectivity index (χ3n) is 2.37. The maximum Gasteiger partial charge on any atom is 0.189 e. The number of nitrogens with one attached hydrogen (secondary N) is 1. The molecule has 7 heteroatoms. The van der Waals surface area contributed by atoms with Crippen molar-refractivity contribution in [2.75, 3.05) is 0 Å². The summed E-state index contributed by atoms with van der Waals surface area (Å²) in [6.07, 6.45) is 3.43. The molecule has 0 atom stereocenters. The smallest absolute Gasteiger partial charge is 0.189 e. The van der Waals surface area contributed by atoms with E-state index in [1.165, 1.54) is 18.1 Å². The van der Waals surface area contributed by atoms with Crippen LogP contribution in [0.4, 0.5) is 0 Å². The van der Waals surface area contributed by atoms with Gasteiger partial charge in [0.25, 0.3) is 0 Å². The first kappa shape index (κ1) is 10.3. The zero-order valence-corrected chi connectivity index (χ0v) is 9.68. The van der Waals surface area contributed by atoms with Gasteiger partial charge in [-0.15, -0.1) is 0 Å². The maximum absolute atomic E-state index is 5.77. The summed E-state index contributed by atoms with van der Waals surface area (Å²) in [5.74, 6) is 0. The highest BCUT2D eigenvalue weighted by atomic mass is 32.2. The first-order chi connectivity index (χ1) is 8.38. The molecule has 3 heterocycles. The molecule has 0 aliphatic heterocycles. The van der Waals surface area contributed by atoms with Crippen molar-refractivity contribution in [3.05, 3.63) is 36.4 Å². The number of hydrogen-bond acceptors (Lipinski definition) is 5. The van der Waals surface area contributed by atoms with Crippen molar-refractivity contribution in [1.82, 2.24) is 24.6 Å². The van der Waals surface area contributed by atoms with E-state index >= 15 is 0 Å². The monoisotopic (exact) mass is 246 g/mol. The maximum atomic E-state index is 5.77. The largest absolute Gasteiger partial charge is 0.325 e. The molecule has 6 nitrogen and oxygen atoms in total. The first-order valence-corrected chi connectivity index (χ1v) is 5.89. The minimum atomic E-state index is 0.432. The normalized spacial score (nSPS) is 11.1. The Labute approximate surface area is 101 Å². The fourth-order valence-electron chi connectivity index (χ4n) is 1.63. The van der Waals surface area contributed by atoms with Crippen LogP contribution in [-0.4, -0.2) is 24.6 Å². The molecule has 0 saturated heterocycles. The third-order valence-corrected chi connectivity index (χ3v) is 3.28. The fourth-order valence-corrected chi connectivity index (χ4v) is 2.45. The first-order valence-electron chi connectivity index (χ1n) is 5.07. The van der Waals surface area contributed by atoms with Gasteiger partial charge in [-0.25, -0.2) is 9.97 Å². The second kappa shape index (κ2) is 4.19. The molecule has 0 amide bonds. The lowest BCUT2D eigenvalue weighted by molar-refractivity contribution is 0.913. The standard InChI is InChI=1S/C10H10N6S/c11-5-7-9(17-10-12-6-13-15-10)14-8-3-1-2-4-16(7)8/h1-4,6H,5,11H2,(H,12,13,15). The van der Waals surface area contributed by atoms with Gasteiger partial charge in [0.15, 0.2) is 5.16 Å². The van der Waals surface area contributed by atoms with E-state index in [9.17, 15) is 0 Å². The molecule has 3 aromatic heterocycles. The van der Waals surface area contributed by atoms with E-state index in [4.69, 9.17) is 5.73 Å². The van der Waals surface area contributed by atoms with Crippen molar-refractivity contribution in [2.45, 2.75) is 16.7 Å². The predicted molar refractivity (Wildman–Crippen MR) is 63.6 cm³/mol. The summed E-state index contributed by atoms with van der Waals surface area (Å²) in [6.45, 7) is 0.432. The number of imidazole rings is 1. The molecule has 86 valence electrons. The molecule has 0 aliphatic carbocycles. The van der Waals surface area contributed by atoms with E-state index in [1.54, 1.807) is 0 Å². The van der Waals surface area contributed by atoms with Crippen molar-refractivity contribution in [1.29, 1.82) is 0 Å². The molecule has 0 bridgehead atoms. The number of H-pyrrole nitrogens is 1. The van der Waals surface area contributed by atoms with Crippen LogP contribution in [0.2, 0.25) is 0 Å². The van der Waals surface area contributed by atoms with E-state index in [0.717, 1.165) is 16.4 Å². The Balaban J connectivity index is 2.09. The summed E-state index contributed by atoms with van der Waals surface area (Å²) in [6, 6.07) is 5.85. The molecular weight excluding hydrogens is 236 g/mol. The van der Waals surface area contributed by atoms with Gasteiger partial charge in [0.2, 0.25) is 0 Å². The summed E-state index contributed by atoms with van der Waals surface area (Å²) in [5.41, 5.74) is 7.63. The van der Waals surface area contributed by atoms with Crippen LogP contribution in [0, 0.1) is 0 Å². The molecule has 3 N–H and O–H groups in total. The highest BCUT2D eigenvalue weighted by molar-refractivity contribution is 7.99. The van der Waals surface area contributed by atoms with Crippen LogP contribution >= 0.6 is 11.8 Å². The SMILES string of the molecule is NCc1c(Sc2ncn[nH]2)nc2ccccn12.